The molecule has 0 heterocycles. The molecule has 2 aliphatic rings. The van der Waals surface area contributed by atoms with Gasteiger partial charge in [-0.25, -0.2) is 9.59 Å². The summed E-state index contributed by atoms with van der Waals surface area (Å²) in [5, 5.41) is 26.6. The highest BCUT2D eigenvalue weighted by Gasteiger charge is 2.41. The number of rotatable bonds is 22. The maximum absolute atomic E-state index is 13.2. The fraction of sp³-hybridized carbons (Fsp3) is 0.423. The summed E-state index contributed by atoms with van der Waals surface area (Å²) in [7, 11) is 0. The van der Waals surface area contributed by atoms with Crippen LogP contribution in [-0.2, 0) is 38.2 Å². The van der Waals surface area contributed by atoms with Crippen molar-refractivity contribution in [1.82, 2.24) is 21.3 Å². The van der Waals surface area contributed by atoms with E-state index in [2.05, 4.69) is 21.3 Å². The van der Waals surface area contributed by atoms with Gasteiger partial charge in [-0.2, -0.15) is 0 Å². The number of hydrogen-bond donors (Lipinski definition) is 6. The van der Waals surface area contributed by atoms with Crippen LogP contribution in [0.5, 0.6) is 0 Å². The number of carbonyl (C=O) groups is 8. The summed E-state index contributed by atoms with van der Waals surface area (Å²) in [6, 6.07) is -1.43. The molecule has 2 rings (SSSR count). The zero-order valence-corrected chi connectivity index (χ0v) is 40.9. The van der Waals surface area contributed by atoms with Crippen LogP contribution >= 0.6 is 0 Å². The Balaban J connectivity index is 1.93. The van der Waals surface area contributed by atoms with Crippen LogP contribution in [0.15, 0.2) is 130 Å². The van der Waals surface area contributed by atoms with Crippen LogP contribution in [0.2, 0.25) is 0 Å². The van der Waals surface area contributed by atoms with Gasteiger partial charge in [0.05, 0.1) is 12.8 Å². The molecule has 0 bridgehead atoms. The second-order valence-corrected chi connectivity index (χ2v) is 17.9. The summed E-state index contributed by atoms with van der Waals surface area (Å²) in [6.45, 7) is 18.1. The number of aliphatic carboxylic acids is 2. The number of esters is 2. The fourth-order valence-corrected chi connectivity index (χ4v) is 7.15. The molecule has 368 valence electrons. The number of amides is 4. The van der Waals surface area contributed by atoms with E-state index in [4.69, 9.17) is 19.7 Å². The number of carbonyl (C=O) groups excluding carboxylic acids is 6. The SMILES string of the molecule is CC1=C(/C=C/C(C)=C/C=C/C(C)=C/C=C/C=C(C)/C=C/C=C(C)/C=C/C2=C(C)C(=O)C(OC(=O)CNC(=O)NCCC(=O)O)CC2(C)C)C(C)(C)CC(OC(=O)CNC(=O)NCCC(=O)O)C1=O. The predicted octanol–water partition coefficient (Wildman–Crippen LogP) is 7.56. The van der Waals surface area contributed by atoms with E-state index in [0.717, 1.165) is 33.4 Å². The maximum atomic E-state index is 13.2. The number of hydrogen-bond acceptors (Lipinski definition) is 10. The Kier molecular flexibility index (Phi) is 23.1. The molecule has 16 heteroatoms. The zero-order valence-electron chi connectivity index (χ0n) is 40.9. The Labute approximate surface area is 399 Å². The van der Waals surface area contributed by atoms with Gasteiger partial charge < -0.3 is 41.0 Å². The number of nitrogens with one attached hydrogen (secondary N) is 4. The van der Waals surface area contributed by atoms with Crippen LogP contribution in [0.25, 0.3) is 0 Å². The minimum atomic E-state index is -1.07. The van der Waals surface area contributed by atoms with Gasteiger partial charge in [0.25, 0.3) is 0 Å². The molecule has 0 saturated carbocycles. The average Bonchev–Trinajstić information content (AvgIpc) is 3.24. The first-order valence-electron chi connectivity index (χ1n) is 22.3. The third-order valence-corrected chi connectivity index (χ3v) is 10.9. The standard InChI is InChI=1S/C52H68N4O12/c1-33(17-13-19-35(3)21-23-39-37(5)47(63)41(29-51(39,7)8)67-45(61)31-55-49(65)53-27-25-43(57)58)15-11-12-16-34(2)18-14-20-36(4)22-24-40-38(6)48(64)42(30-52(40,9)10)68-46(62)32-56-50(66)54-28-26-44(59)60/h11-24,41-42H,25-32H2,1-10H3,(H,57,58)(H,59,60)(H2,53,55,65)(H2,54,56,66)/b12-11+,17-13+,18-14+,23-21+,24-22+,33-15+,34-16+,35-19+,36-20+. The summed E-state index contributed by atoms with van der Waals surface area (Å²) in [5.74, 6) is -4.29. The summed E-state index contributed by atoms with van der Waals surface area (Å²) in [5.41, 5.74) is 5.68. The van der Waals surface area contributed by atoms with E-state index in [1.807, 2.05) is 140 Å². The highest BCUT2D eigenvalue weighted by Crippen LogP contribution is 2.42. The normalized spacial score (nSPS) is 19.4. The minimum Gasteiger partial charge on any atom is -0.481 e. The lowest BCUT2D eigenvalue weighted by Gasteiger charge is -2.36. The van der Waals surface area contributed by atoms with E-state index in [1.165, 1.54) is 0 Å². The van der Waals surface area contributed by atoms with Crippen molar-refractivity contribution in [2.45, 2.75) is 107 Å². The third-order valence-electron chi connectivity index (χ3n) is 10.9. The van der Waals surface area contributed by atoms with E-state index in [-0.39, 0.29) is 50.3 Å². The molecule has 0 aliphatic heterocycles. The molecule has 2 unspecified atom stereocenters. The smallest absolute Gasteiger partial charge is 0.326 e. The van der Waals surface area contributed by atoms with Gasteiger partial charge >= 0.3 is 35.9 Å². The average molecular weight is 941 g/mol. The highest BCUT2D eigenvalue weighted by atomic mass is 16.6. The van der Waals surface area contributed by atoms with Gasteiger partial charge in [0.2, 0.25) is 0 Å². The van der Waals surface area contributed by atoms with E-state index < -0.39 is 72.1 Å². The molecule has 0 aromatic carbocycles. The van der Waals surface area contributed by atoms with Gasteiger partial charge in [0, 0.05) is 25.9 Å². The maximum Gasteiger partial charge on any atom is 0.326 e. The number of urea groups is 2. The first-order chi connectivity index (χ1) is 31.8. The van der Waals surface area contributed by atoms with Gasteiger partial charge in [0.15, 0.2) is 23.8 Å². The van der Waals surface area contributed by atoms with Crippen molar-refractivity contribution in [2.75, 3.05) is 26.2 Å². The molecule has 2 atom stereocenters. The van der Waals surface area contributed by atoms with Crippen LogP contribution in [0, 0.1) is 10.8 Å². The number of Topliss-reactive ketones (excluding diaryl/α,β-unsaturated/α-hetero) is 2. The van der Waals surface area contributed by atoms with Crippen molar-refractivity contribution >= 4 is 47.5 Å². The lowest BCUT2D eigenvalue weighted by molar-refractivity contribution is -0.155. The summed E-state index contributed by atoms with van der Waals surface area (Å²) < 4.78 is 10.8. The molecule has 4 amide bonds. The topological polar surface area (TPSA) is 244 Å². The van der Waals surface area contributed by atoms with Crippen molar-refractivity contribution in [3.8, 4) is 0 Å². The molecule has 0 spiro atoms. The first-order valence-corrected chi connectivity index (χ1v) is 22.3. The summed E-state index contributed by atoms with van der Waals surface area (Å²) in [6.07, 6.45) is 25.4. The van der Waals surface area contributed by atoms with E-state index >= 15 is 0 Å². The summed E-state index contributed by atoms with van der Waals surface area (Å²) in [4.78, 5) is 95.9. The monoisotopic (exact) mass is 940 g/mol. The molecule has 68 heavy (non-hydrogen) atoms. The number of carboxylic acids is 2. The number of carboxylic acid groups (broad SMARTS) is 2. The van der Waals surface area contributed by atoms with Gasteiger partial charge in [-0.15, -0.1) is 0 Å². The van der Waals surface area contributed by atoms with Gasteiger partial charge in [-0.05, 0) is 74.7 Å². The Hall–Kier alpha value is -7.10. The van der Waals surface area contributed by atoms with Crippen LogP contribution in [0.3, 0.4) is 0 Å². The quantitative estimate of drug-likeness (QED) is 0.0455. The molecule has 0 aromatic rings. The lowest BCUT2D eigenvalue weighted by Crippen LogP contribution is -2.43. The van der Waals surface area contributed by atoms with Crippen molar-refractivity contribution < 1.29 is 58.0 Å². The number of allylic oxidation sites excluding steroid dienone is 20. The van der Waals surface area contributed by atoms with Crippen molar-refractivity contribution in [3.63, 3.8) is 0 Å². The molecule has 2 aliphatic carbocycles. The minimum absolute atomic E-state index is 0.0945. The largest absolute Gasteiger partial charge is 0.481 e. The first kappa shape index (κ1) is 57.0. The van der Waals surface area contributed by atoms with Gasteiger partial charge in [-0.3, -0.25) is 28.8 Å². The molecule has 16 nitrogen and oxygen atoms in total. The fourth-order valence-electron chi connectivity index (χ4n) is 7.15. The van der Waals surface area contributed by atoms with Gasteiger partial charge in [0.1, 0.15) is 13.1 Å². The van der Waals surface area contributed by atoms with Gasteiger partial charge in [-0.1, -0.05) is 135 Å². The Morgan fingerprint density at radius 3 is 1.21 bits per heavy atom. The Bertz CT molecular complexity index is 2130. The van der Waals surface area contributed by atoms with Crippen LogP contribution in [-0.4, -0.2) is 96.1 Å². The molecular weight excluding hydrogens is 873 g/mol. The van der Waals surface area contributed by atoms with E-state index in [0.29, 0.717) is 11.1 Å². The van der Waals surface area contributed by atoms with Crippen LogP contribution in [0.4, 0.5) is 9.59 Å². The van der Waals surface area contributed by atoms with E-state index in [1.54, 1.807) is 13.8 Å². The van der Waals surface area contributed by atoms with Crippen LogP contribution in [0.1, 0.15) is 94.9 Å². The number of ketones is 2. The molecule has 6 N–H and O–H groups in total. The highest BCUT2D eigenvalue weighted by molar-refractivity contribution is 6.02. The van der Waals surface area contributed by atoms with Crippen molar-refractivity contribution in [2.24, 2.45) is 10.8 Å². The second-order valence-electron chi connectivity index (χ2n) is 17.9. The molecule has 0 aromatic heterocycles. The van der Waals surface area contributed by atoms with E-state index in [9.17, 15) is 38.4 Å². The summed E-state index contributed by atoms with van der Waals surface area (Å²) >= 11 is 0. The molecule has 0 saturated heterocycles. The van der Waals surface area contributed by atoms with Crippen LogP contribution < -0.4 is 21.3 Å². The Morgan fingerprint density at radius 1 is 0.544 bits per heavy atom. The third kappa shape index (κ3) is 20.6. The second kappa shape index (κ2) is 27.5. The molecule has 0 radical (unpaired) electrons. The number of ether oxygens (including phenoxy) is 2. The van der Waals surface area contributed by atoms with Crippen molar-refractivity contribution in [3.05, 3.63) is 130 Å². The molecular formula is C52H68N4O12. The molecule has 0 fully saturated rings. The Morgan fingerprint density at radius 2 is 0.868 bits per heavy atom. The van der Waals surface area contributed by atoms with Crippen molar-refractivity contribution in [1.29, 1.82) is 0 Å². The predicted molar refractivity (Wildman–Crippen MR) is 260 cm³/mol. The lowest BCUT2D eigenvalue weighted by atomic mass is 9.71. The zero-order chi connectivity index (χ0) is 51.2.